The van der Waals surface area contributed by atoms with E-state index in [1.54, 1.807) is 45.9 Å². The van der Waals surface area contributed by atoms with Gasteiger partial charge in [-0.3, -0.25) is 9.78 Å². The van der Waals surface area contributed by atoms with Gasteiger partial charge in [-0.15, -0.1) is 0 Å². The van der Waals surface area contributed by atoms with Crippen LogP contribution in [-0.4, -0.2) is 37.2 Å². The number of fused-ring (bicyclic) bond motifs is 1. The summed E-state index contributed by atoms with van der Waals surface area (Å²) in [6, 6.07) is 7.04. The van der Waals surface area contributed by atoms with Crippen LogP contribution in [0.1, 0.15) is 29.0 Å². The number of carbonyl (C=O) groups excluding carboxylic acids is 1. The highest BCUT2D eigenvalue weighted by Crippen LogP contribution is 2.41. The lowest BCUT2D eigenvalue weighted by atomic mass is 10.1. The fourth-order valence-electron chi connectivity index (χ4n) is 2.85. The van der Waals surface area contributed by atoms with Crippen LogP contribution >= 0.6 is 0 Å². The molecular weight excluding hydrogens is 334 g/mol. The van der Waals surface area contributed by atoms with Gasteiger partial charge in [0.25, 0.3) is 5.91 Å². The molecule has 0 saturated carbocycles. The SMILES string of the molecule is COc1cc(OC)c2cc(C(=O)NC(C)c3cccnc3)[nH]c2c1OC. The second-order valence-corrected chi connectivity index (χ2v) is 5.77. The van der Waals surface area contributed by atoms with Crippen molar-refractivity contribution < 1.29 is 19.0 Å². The summed E-state index contributed by atoms with van der Waals surface area (Å²) in [4.78, 5) is 19.9. The predicted octanol–water partition coefficient (Wildman–Crippen LogP) is 3.08. The number of methoxy groups -OCH3 is 3. The van der Waals surface area contributed by atoms with Crippen molar-refractivity contribution in [2.75, 3.05) is 21.3 Å². The number of pyridine rings is 1. The standard InChI is InChI=1S/C19H21N3O4/c1-11(12-6-5-7-20-10-12)21-19(23)14-8-13-15(24-2)9-16(25-3)18(26-4)17(13)22-14/h5-11,22H,1-4H3,(H,21,23). The fraction of sp³-hybridized carbons (Fsp3) is 0.263. The summed E-state index contributed by atoms with van der Waals surface area (Å²) >= 11 is 0. The molecule has 0 bridgehead atoms. The maximum Gasteiger partial charge on any atom is 0.268 e. The van der Waals surface area contributed by atoms with Crippen LogP contribution in [0.4, 0.5) is 0 Å². The Hall–Kier alpha value is -3.22. The molecule has 0 aliphatic carbocycles. The lowest BCUT2D eigenvalue weighted by Crippen LogP contribution is -2.26. The minimum absolute atomic E-state index is 0.180. The first-order chi connectivity index (χ1) is 12.6. The summed E-state index contributed by atoms with van der Waals surface area (Å²) in [6.45, 7) is 1.90. The summed E-state index contributed by atoms with van der Waals surface area (Å²) in [6.07, 6.45) is 3.43. The van der Waals surface area contributed by atoms with E-state index >= 15 is 0 Å². The first-order valence-electron chi connectivity index (χ1n) is 8.11. The number of aromatic nitrogens is 2. The molecule has 2 N–H and O–H groups in total. The summed E-state index contributed by atoms with van der Waals surface area (Å²) < 4.78 is 16.2. The Morgan fingerprint density at radius 1 is 1.15 bits per heavy atom. The van der Waals surface area contributed by atoms with Crippen LogP contribution in [0.5, 0.6) is 17.2 Å². The van der Waals surface area contributed by atoms with Crippen molar-refractivity contribution in [3.63, 3.8) is 0 Å². The third-order valence-corrected chi connectivity index (χ3v) is 4.22. The number of rotatable bonds is 6. The normalized spacial score (nSPS) is 11.8. The Bertz CT molecular complexity index is 921. The second kappa shape index (κ2) is 7.35. The number of aromatic amines is 1. The first-order valence-corrected chi connectivity index (χ1v) is 8.11. The molecule has 1 atom stereocenters. The summed E-state index contributed by atoms with van der Waals surface area (Å²) in [5.74, 6) is 1.39. The molecule has 0 aliphatic rings. The van der Waals surface area contributed by atoms with E-state index in [1.165, 1.54) is 0 Å². The molecule has 7 nitrogen and oxygen atoms in total. The molecule has 2 aromatic heterocycles. The van der Waals surface area contributed by atoms with E-state index in [4.69, 9.17) is 14.2 Å². The smallest absolute Gasteiger partial charge is 0.268 e. The molecule has 136 valence electrons. The zero-order chi connectivity index (χ0) is 18.7. The van der Waals surface area contributed by atoms with Crippen LogP contribution in [-0.2, 0) is 0 Å². The zero-order valence-corrected chi connectivity index (χ0v) is 15.1. The van der Waals surface area contributed by atoms with Gasteiger partial charge in [0.1, 0.15) is 11.4 Å². The highest BCUT2D eigenvalue weighted by Gasteiger charge is 2.20. The number of hydrogen-bond acceptors (Lipinski definition) is 5. The molecule has 0 aliphatic heterocycles. The Labute approximate surface area is 151 Å². The molecule has 2 heterocycles. The molecule has 1 unspecified atom stereocenters. The summed E-state index contributed by atoms with van der Waals surface area (Å²) in [5, 5.41) is 3.69. The van der Waals surface area contributed by atoms with Gasteiger partial charge >= 0.3 is 0 Å². The van der Waals surface area contributed by atoms with Gasteiger partial charge in [0.15, 0.2) is 11.5 Å². The monoisotopic (exact) mass is 355 g/mol. The van der Waals surface area contributed by atoms with Crippen molar-refractivity contribution in [2.24, 2.45) is 0 Å². The quantitative estimate of drug-likeness (QED) is 0.710. The lowest BCUT2D eigenvalue weighted by molar-refractivity contribution is 0.0935. The largest absolute Gasteiger partial charge is 0.496 e. The minimum Gasteiger partial charge on any atom is -0.496 e. The molecule has 0 fully saturated rings. The van der Waals surface area contributed by atoms with Crippen LogP contribution < -0.4 is 19.5 Å². The average molecular weight is 355 g/mol. The Morgan fingerprint density at radius 3 is 2.54 bits per heavy atom. The zero-order valence-electron chi connectivity index (χ0n) is 15.1. The van der Waals surface area contributed by atoms with E-state index in [-0.39, 0.29) is 11.9 Å². The Balaban J connectivity index is 1.96. The molecule has 0 radical (unpaired) electrons. The predicted molar refractivity (Wildman–Crippen MR) is 98.1 cm³/mol. The number of carbonyl (C=O) groups is 1. The molecule has 7 heteroatoms. The van der Waals surface area contributed by atoms with Gasteiger partial charge in [0.2, 0.25) is 0 Å². The molecule has 3 rings (SSSR count). The van der Waals surface area contributed by atoms with Crippen molar-refractivity contribution in [3.8, 4) is 17.2 Å². The summed E-state index contributed by atoms with van der Waals surface area (Å²) in [7, 11) is 4.67. The molecule has 0 spiro atoms. The van der Waals surface area contributed by atoms with Crippen LogP contribution in [0, 0.1) is 0 Å². The number of nitrogens with one attached hydrogen (secondary N) is 2. The minimum atomic E-state index is -0.236. The Kier molecular flexibility index (Phi) is 4.97. The van der Waals surface area contributed by atoms with Crippen LogP contribution in [0.15, 0.2) is 36.7 Å². The topological polar surface area (TPSA) is 85.5 Å². The van der Waals surface area contributed by atoms with E-state index in [9.17, 15) is 4.79 Å². The van der Waals surface area contributed by atoms with Crippen molar-refractivity contribution in [1.29, 1.82) is 0 Å². The van der Waals surface area contributed by atoms with Gasteiger partial charge in [-0.25, -0.2) is 0 Å². The number of benzene rings is 1. The van der Waals surface area contributed by atoms with Gasteiger partial charge in [-0.1, -0.05) is 6.07 Å². The number of nitrogens with zero attached hydrogens (tertiary/aromatic N) is 1. The molecule has 1 amide bonds. The van der Waals surface area contributed by atoms with Crippen molar-refractivity contribution in [3.05, 3.63) is 47.9 Å². The van der Waals surface area contributed by atoms with Gasteiger partial charge in [0, 0.05) is 23.8 Å². The first kappa shape index (κ1) is 17.6. The summed E-state index contributed by atoms with van der Waals surface area (Å²) in [5.41, 5.74) is 1.97. The highest BCUT2D eigenvalue weighted by atomic mass is 16.5. The molecule has 26 heavy (non-hydrogen) atoms. The number of H-pyrrole nitrogens is 1. The fourth-order valence-corrected chi connectivity index (χ4v) is 2.85. The third kappa shape index (κ3) is 3.15. The maximum absolute atomic E-state index is 12.7. The highest BCUT2D eigenvalue weighted by molar-refractivity contribution is 6.02. The maximum atomic E-state index is 12.7. The van der Waals surface area contributed by atoms with Crippen LogP contribution in [0.25, 0.3) is 10.9 Å². The van der Waals surface area contributed by atoms with Crippen molar-refractivity contribution in [1.82, 2.24) is 15.3 Å². The van der Waals surface area contributed by atoms with E-state index in [0.717, 1.165) is 10.9 Å². The van der Waals surface area contributed by atoms with Crippen molar-refractivity contribution in [2.45, 2.75) is 13.0 Å². The van der Waals surface area contributed by atoms with Crippen LogP contribution in [0.2, 0.25) is 0 Å². The van der Waals surface area contributed by atoms with Gasteiger partial charge in [0.05, 0.1) is 32.9 Å². The van der Waals surface area contributed by atoms with E-state index in [1.807, 2.05) is 19.1 Å². The van der Waals surface area contributed by atoms with Gasteiger partial charge < -0.3 is 24.5 Å². The molecule has 1 aromatic carbocycles. The number of amides is 1. The second-order valence-electron chi connectivity index (χ2n) is 5.77. The van der Waals surface area contributed by atoms with Crippen molar-refractivity contribution >= 4 is 16.8 Å². The number of hydrogen-bond donors (Lipinski definition) is 2. The van der Waals surface area contributed by atoms with Crippen LogP contribution in [0.3, 0.4) is 0 Å². The van der Waals surface area contributed by atoms with Gasteiger partial charge in [-0.2, -0.15) is 0 Å². The van der Waals surface area contributed by atoms with Gasteiger partial charge in [-0.05, 0) is 24.6 Å². The van der Waals surface area contributed by atoms with E-state index < -0.39 is 0 Å². The molecule has 0 saturated heterocycles. The molecule has 3 aromatic rings. The van der Waals surface area contributed by atoms with E-state index in [2.05, 4.69) is 15.3 Å². The third-order valence-electron chi connectivity index (χ3n) is 4.22. The number of ether oxygens (including phenoxy) is 3. The average Bonchev–Trinajstić information content (AvgIpc) is 3.12. The lowest BCUT2D eigenvalue weighted by Gasteiger charge is -2.13. The molecular formula is C19H21N3O4. The Morgan fingerprint density at radius 2 is 1.92 bits per heavy atom. The van der Waals surface area contributed by atoms with E-state index in [0.29, 0.717) is 28.5 Å².